The van der Waals surface area contributed by atoms with Gasteiger partial charge in [-0.3, -0.25) is 4.99 Å². The summed E-state index contributed by atoms with van der Waals surface area (Å²) in [4.78, 5) is 4.13. The zero-order chi connectivity index (χ0) is 9.61. The quantitative estimate of drug-likeness (QED) is 0.471. The highest BCUT2D eigenvalue weighted by Gasteiger charge is 2.24. The highest BCUT2D eigenvalue weighted by molar-refractivity contribution is 5.81. The first-order valence-electron chi connectivity index (χ1n) is 4.59. The molecule has 0 heterocycles. The van der Waals surface area contributed by atoms with E-state index in [2.05, 4.69) is 25.8 Å². The molecule has 2 heteroatoms. The second-order valence-electron chi connectivity index (χ2n) is 3.72. The Labute approximate surface area is 76.0 Å². The predicted molar refractivity (Wildman–Crippen MR) is 53.7 cm³/mol. The third-order valence-corrected chi connectivity index (χ3v) is 2.13. The second-order valence-corrected chi connectivity index (χ2v) is 3.72. The Kier molecular flexibility index (Phi) is 4.95. The summed E-state index contributed by atoms with van der Waals surface area (Å²) in [5.74, 6) is 0.857. The van der Waals surface area contributed by atoms with E-state index in [0.717, 1.165) is 12.3 Å². The van der Waals surface area contributed by atoms with Gasteiger partial charge in [-0.25, -0.2) is 0 Å². The fourth-order valence-electron chi connectivity index (χ4n) is 1.40. The minimum absolute atomic E-state index is 0.0967. The first-order chi connectivity index (χ1) is 5.58. The predicted octanol–water partition coefficient (Wildman–Crippen LogP) is 2.88. The molecule has 12 heavy (non-hydrogen) atoms. The molecule has 0 radical (unpaired) electrons. The molecule has 0 fully saturated rings. The number of unbranched alkanes of at least 4 members (excludes halogenated alkanes) is 1. The minimum atomic E-state index is 0.0967. The van der Waals surface area contributed by atoms with Gasteiger partial charge in [0.1, 0.15) is 0 Å². The molecule has 0 aliphatic carbocycles. The summed E-state index contributed by atoms with van der Waals surface area (Å²) >= 11 is 0. The van der Waals surface area contributed by atoms with Crippen LogP contribution in [0.15, 0.2) is 4.99 Å². The van der Waals surface area contributed by atoms with Gasteiger partial charge in [-0.1, -0.05) is 33.6 Å². The Hall–Kier alpha value is -0.530. The molecule has 0 saturated heterocycles. The van der Waals surface area contributed by atoms with Crippen molar-refractivity contribution in [2.45, 2.75) is 40.0 Å². The van der Waals surface area contributed by atoms with Gasteiger partial charge < -0.3 is 4.74 Å². The maximum absolute atomic E-state index is 5.21. The first-order valence-corrected chi connectivity index (χ1v) is 4.59. The highest BCUT2D eigenvalue weighted by Crippen LogP contribution is 2.25. The van der Waals surface area contributed by atoms with Gasteiger partial charge in [-0.15, -0.1) is 0 Å². The summed E-state index contributed by atoms with van der Waals surface area (Å²) in [6.07, 6.45) is 3.60. The zero-order valence-electron chi connectivity index (χ0n) is 8.98. The van der Waals surface area contributed by atoms with Crippen molar-refractivity contribution < 1.29 is 4.74 Å². The topological polar surface area (TPSA) is 21.6 Å². The molecule has 0 N–H and O–H groups in total. The van der Waals surface area contributed by atoms with Crippen LogP contribution in [0.2, 0.25) is 0 Å². The van der Waals surface area contributed by atoms with Gasteiger partial charge in [0.25, 0.3) is 0 Å². The molecule has 0 aromatic carbocycles. The highest BCUT2D eigenvalue weighted by atomic mass is 16.5. The molecule has 0 bridgehead atoms. The van der Waals surface area contributed by atoms with Crippen LogP contribution in [0.1, 0.15) is 40.0 Å². The number of rotatable bonds is 4. The van der Waals surface area contributed by atoms with Crippen molar-refractivity contribution in [3.63, 3.8) is 0 Å². The van der Waals surface area contributed by atoms with Crippen molar-refractivity contribution in [3.8, 4) is 0 Å². The second kappa shape index (κ2) is 5.18. The van der Waals surface area contributed by atoms with Crippen molar-refractivity contribution in [1.29, 1.82) is 0 Å². The molecule has 0 unspecified atom stereocenters. The molecule has 0 aromatic rings. The normalized spacial score (nSPS) is 13.2. The Balaban J connectivity index is 4.16. The van der Waals surface area contributed by atoms with Crippen molar-refractivity contribution >= 4 is 5.90 Å². The molecule has 0 amide bonds. The summed E-state index contributed by atoms with van der Waals surface area (Å²) in [6.45, 7) is 6.55. The van der Waals surface area contributed by atoms with Gasteiger partial charge in [-0.05, 0) is 6.42 Å². The molecule has 0 saturated carbocycles. The average Bonchev–Trinajstić information content (AvgIpc) is 2.03. The fraction of sp³-hybridized carbons (Fsp3) is 0.900. The summed E-state index contributed by atoms with van der Waals surface area (Å²) in [6, 6.07) is 0. The lowest BCUT2D eigenvalue weighted by molar-refractivity contribution is 0.307. The summed E-state index contributed by atoms with van der Waals surface area (Å²) in [5, 5.41) is 0. The lowest BCUT2D eigenvalue weighted by Gasteiger charge is -2.24. The molecule has 0 spiro atoms. The molecule has 0 aromatic heterocycles. The monoisotopic (exact) mass is 171 g/mol. The molecule has 72 valence electrons. The van der Waals surface area contributed by atoms with Crippen LogP contribution in [0, 0.1) is 5.41 Å². The summed E-state index contributed by atoms with van der Waals surface area (Å²) in [7, 11) is 3.47. The van der Waals surface area contributed by atoms with E-state index in [9.17, 15) is 0 Å². The number of aliphatic imine (C=N–C) groups is 1. The molecule has 0 rings (SSSR count). The molecular weight excluding hydrogens is 150 g/mol. The van der Waals surface area contributed by atoms with Crippen molar-refractivity contribution in [2.24, 2.45) is 10.4 Å². The van der Waals surface area contributed by atoms with E-state index in [1.165, 1.54) is 12.8 Å². The van der Waals surface area contributed by atoms with Crippen LogP contribution in [-0.4, -0.2) is 20.1 Å². The van der Waals surface area contributed by atoms with Crippen molar-refractivity contribution in [1.82, 2.24) is 0 Å². The van der Waals surface area contributed by atoms with Crippen LogP contribution in [0.4, 0.5) is 0 Å². The number of hydrogen-bond acceptors (Lipinski definition) is 2. The largest absolute Gasteiger partial charge is 0.484 e. The van der Waals surface area contributed by atoms with Gasteiger partial charge in [0.05, 0.1) is 7.11 Å². The fourth-order valence-corrected chi connectivity index (χ4v) is 1.40. The maximum atomic E-state index is 5.21. The molecule has 0 aliphatic rings. The number of methoxy groups -OCH3 is 1. The minimum Gasteiger partial charge on any atom is -0.484 e. The van der Waals surface area contributed by atoms with Crippen LogP contribution in [0.25, 0.3) is 0 Å². The van der Waals surface area contributed by atoms with E-state index in [1.54, 1.807) is 14.2 Å². The lowest BCUT2D eigenvalue weighted by atomic mass is 9.87. The number of hydrogen-bond donors (Lipinski definition) is 0. The van der Waals surface area contributed by atoms with Crippen molar-refractivity contribution in [3.05, 3.63) is 0 Å². The van der Waals surface area contributed by atoms with Crippen LogP contribution in [-0.2, 0) is 4.74 Å². The molecular formula is C10H21NO. The van der Waals surface area contributed by atoms with Gasteiger partial charge in [0.2, 0.25) is 0 Å². The smallest absolute Gasteiger partial charge is 0.188 e. The van der Waals surface area contributed by atoms with Gasteiger partial charge >= 0.3 is 0 Å². The molecule has 0 aliphatic heterocycles. The SMILES string of the molecule is CCCCC(C)(C)/C(=N/C)OC. The zero-order valence-corrected chi connectivity index (χ0v) is 8.98. The Morgan fingerprint density at radius 2 is 2.00 bits per heavy atom. The van der Waals surface area contributed by atoms with E-state index in [4.69, 9.17) is 4.74 Å². The Morgan fingerprint density at radius 3 is 2.33 bits per heavy atom. The maximum Gasteiger partial charge on any atom is 0.188 e. The molecule has 2 nitrogen and oxygen atoms in total. The van der Waals surface area contributed by atoms with Crippen LogP contribution in [0.3, 0.4) is 0 Å². The van der Waals surface area contributed by atoms with E-state index < -0.39 is 0 Å². The summed E-state index contributed by atoms with van der Waals surface area (Å²) < 4.78 is 5.21. The van der Waals surface area contributed by atoms with E-state index >= 15 is 0 Å². The van der Waals surface area contributed by atoms with Gasteiger partial charge in [0, 0.05) is 12.5 Å². The van der Waals surface area contributed by atoms with E-state index in [0.29, 0.717) is 0 Å². The standard InChI is InChI=1S/C10H21NO/c1-6-7-8-10(2,3)9(11-4)12-5/h6-8H2,1-5H3/b11-9-. The Bertz CT molecular complexity index is 150. The van der Waals surface area contributed by atoms with Crippen LogP contribution >= 0.6 is 0 Å². The third kappa shape index (κ3) is 3.24. The number of ether oxygens (including phenoxy) is 1. The average molecular weight is 171 g/mol. The van der Waals surface area contributed by atoms with E-state index in [1.807, 2.05) is 0 Å². The molecule has 0 atom stereocenters. The van der Waals surface area contributed by atoms with E-state index in [-0.39, 0.29) is 5.41 Å². The van der Waals surface area contributed by atoms with Gasteiger partial charge in [0.15, 0.2) is 5.90 Å². The number of nitrogens with zero attached hydrogens (tertiary/aromatic N) is 1. The van der Waals surface area contributed by atoms with Crippen LogP contribution in [0.5, 0.6) is 0 Å². The first kappa shape index (κ1) is 11.5. The Morgan fingerprint density at radius 1 is 1.42 bits per heavy atom. The van der Waals surface area contributed by atoms with Crippen LogP contribution < -0.4 is 0 Å². The summed E-state index contributed by atoms with van der Waals surface area (Å²) in [5.41, 5.74) is 0.0967. The third-order valence-electron chi connectivity index (χ3n) is 2.13. The van der Waals surface area contributed by atoms with Crippen molar-refractivity contribution in [2.75, 3.05) is 14.2 Å². The lowest BCUT2D eigenvalue weighted by Crippen LogP contribution is -2.25. The van der Waals surface area contributed by atoms with Gasteiger partial charge in [-0.2, -0.15) is 0 Å².